The number of para-hydroxylation sites is 1. The normalized spacial score (nSPS) is 9.95. The second-order valence-corrected chi connectivity index (χ2v) is 4.37. The average molecular weight is 286 g/mol. The summed E-state index contributed by atoms with van der Waals surface area (Å²) in [5.41, 5.74) is 6.68. The van der Waals surface area contributed by atoms with Crippen LogP contribution in [-0.4, -0.2) is 26.2 Å². The zero-order chi connectivity index (χ0) is 15.1. The molecule has 2 rings (SSSR count). The molecule has 0 fully saturated rings. The maximum Gasteiger partial charge on any atom is 0.253 e. The number of ether oxygens (including phenoxy) is 2. The number of carbonyl (C=O) groups is 1. The number of methoxy groups -OCH3 is 1. The third-order valence-electron chi connectivity index (χ3n) is 2.92. The highest BCUT2D eigenvalue weighted by molar-refractivity contribution is 5.99. The van der Waals surface area contributed by atoms with Crippen molar-refractivity contribution in [1.29, 1.82) is 0 Å². The largest absolute Gasteiger partial charge is 0.497 e. The quantitative estimate of drug-likeness (QED) is 0.630. The molecule has 0 saturated heterocycles. The van der Waals surface area contributed by atoms with Crippen molar-refractivity contribution in [3.05, 3.63) is 54.1 Å². The molecule has 0 aliphatic carbocycles. The highest BCUT2D eigenvalue weighted by Gasteiger charge is 2.07. The van der Waals surface area contributed by atoms with Crippen LogP contribution in [0.1, 0.15) is 10.4 Å². The van der Waals surface area contributed by atoms with Crippen LogP contribution in [0.4, 0.5) is 5.69 Å². The number of hydrogen-bond acceptors (Lipinski definition) is 4. The van der Waals surface area contributed by atoms with Crippen LogP contribution < -0.4 is 20.5 Å². The van der Waals surface area contributed by atoms with Crippen molar-refractivity contribution in [3.8, 4) is 11.5 Å². The molecule has 110 valence electrons. The number of nitrogens with two attached hydrogens (primary N) is 1. The van der Waals surface area contributed by atoms with Crippen molar-refractivity contribution in [2.45, 2.75) is 0 Å². The van der Waals surface area contributed by atoms with E-state index in [2.05, 4.69) is 5.32 Å². The smallest absolute Gasteiger partial charge is 0.253 e. The van der Waals surface area contributed by atoms with E-state index in [0.717, 1.165) is 11.5 Å². The molecule has 0 heterocycles. The predicted octanol–water partition coefficient (Wildman–Crippen LogP) is 2.09. The van der Waals surface area contributed by atoms with Gasteiger partial charge < -0.3 is 20.5 Å². The second kappa shape index (κ2) is 7.19. The van der Waals surface area contributed by atoms with E-state index in [4.69, 9.17) is 15.2 Å². The van der Waals surface area contributed by atoms with Gasteiger partial charge in [0.2, 0.25) is 0 Å². The van der Waals surface area contributed by atoms with E-state index < -0.39 is 0 Å². The third-order valence-corrected chi connectivity index (χ3v) is 2.92. The van der Waals surface area contributed by atoms with Crippen LogP contribution in [0.2, 0.25) is 0 Å². The van der Waals surface area contributed by atoms with Gasteiger partial charge in [0.1, 0.15) is 18.1 Å². The van der Waals surface area contributed by atoms with Crippen molar-refractivity contribution in [3.63, 3.8) is 0 Å². The molecule has 5 heteroatoms. The summed E-state index contributed by atoms with van der Waals surface area (Å²) >= 11 is 0. The molecule has 0 atom stereocenters. The van der Waals surface area contributed by atoms with Crippen LogP contribution >= 0.6 is 0 Å². The Morgan fingerprint density at radius 3 is 2.43 bits per heavy atom. The summed E-state index contributed by atoms with van der Waals surface area (Å²) in [6.45, 7) is 0.782. The minimum absolute atomic E-state index is 0.202. The molecule has 0 unspecified atom stereocenters. The molecule has 2 aromatic rings. The molecule has 0 aliphatic heterocycles. The van der Waals surface area contributed by atoms with E-state index >= 15 is 0 Å². The predicted molar refractivity (Wildman–Crippen MR) is 81.7 cm³/mol. The second-order valence-electron chi connectivity index (χ2n) is 4.37. The molecule has 0 aromatic heterocycles. The third kappa shape index (κ3) is 4.14. The first-order chi connectivity index (χ1) is 10.2. The Hall–Kier alpha value is -2.69. The molecule has 0 spiro atoms. The fourth-order valence-electron chi connectivity index (χ4n) is 1.80. The number of amides is 1. The Balaban J connectivity index is 1.76. The number of carbonyl (C=O) groups excluding carboxylic acids is 1. The topological polar surface area (TPSA) is 73.6 Å². The Labute approximate surface area is 123 Å². The van der Waals surface area contributed by atoms with Crippen LogP contribution in [0.5, 0.6) is 11.5 Å². The fraction of sp³-hybridized carbons (Fsp3) is 0.188. The van der Waals surface area contributed by atoms with Crippen molar-refractivity contribution >= 4 is 11.6 Å². The number of benzene rings is 2. The highest BCUT2D eigenvalue weighted by atomic mass is 16.5. The van der Waals surface area contributed by atoms with Crippen LogP contribution in [-0.2, 0) is 0 Å². The molecule has 1 amide bonds. The molecule has 21 heavy (non-hydrogen) atoms. The lowest BCUT2D eigenvalue weighted by atomic mass is 10.2. The van der Waals surface area contributed by atoms with Gasteiger partial charge in [-0.15, -0.1) is 0 Å². The average Bonchev–Trinajstić information content (AvgIpc) is 2.52. The molecule has 0 bridgehead atoms. The number of hydrogen-bond donors (Lipinski definition) is 2. The van der Waals surface area contributed by atoms with Gasteiger partial charge in [-0.1, -0.05) is 12.1 Å². The fourth-order valence-corrected chi connectivity index (χ4v) is 1.80. The molecule has 0 radical (unpaired) electrons. The summed E-state index contributed by atoms with van der Waals surface area (Å²) in [6.07, 6.45) is 0. The van der Waals surface area contributed by atoms with E-state index in [1.165, 1.54) is 0 Å². The number of anilines is 1. The van der Waals surface area contributed by atoms with Crippen LogP contribution in [0.25, 0.3) is 0 Å². The van der Waals surface area contributed by atoms with E-state index in [0.29, 0.717) is 24.4 Å². The van der Waals surface area contributed by atoms with Crippen LogP contribution in [0, 0.1) is 0 Å². The molecule has 5 nitrogen and oxygen atoms in total. The summed E-state index contributed by atoms with van der Waals surface area (Å²) < 4.78 is 10.6. The SMILES string of the molecule is COc1ccc(OCCNC(=O)c2ccccc2N)cc1. The van der Waals surface area contributed by atoms with Gasteiger partial charge in [-0.2, -0.15) is 0 Å². The zero-order valence-electron chi connectivity index (χ0n) is 11.8. The van der Waals surface area contributed by atoms with Gasteiger partial charge in [0.15, 0.2) is 0 Å². The molecule has 3 N–H and O–H groups in total. The minimum atomic E-state index is -0.202. The van der Waals surface area contributed by atoms with Gasteiger partial charge in [-0.3, -0.25) is 4.79 Å². The van der Waals surface area contributed by atoms with Gasteiger partial charge in [-0.05, 0) is 36.4 Å². The van der Waals surface area contributed by atoms with Crippen LogP contribution in [0.15, 0.2) is 48.5 Å². The molecule has 2 aromatic carbocycles. The Kier molecular flexibility index (Phi) is 5.04. The first kappa shape index (κ1) is 14.7. The van der Waals surface area contributed by atoms with Crippen molar-refractivity contribution in [2.75, 3.05) is 26.0 Å². The lowest BCUT2D eigenvalue weighted by Gasteiger charge is -2.09. The van der Waals surface area contributed by atoms with Gasteiger partial charge in [0.05, 0.1) is 19.2 Å². The number of rotatable bonds is 6. The number of nitrogen functional groups attached to an aromatic ring is 1. The van der Waals surface area contributed by atoms with E-state index in [1.807, 2.05) is 24.3 Å². The lowest BCUT2D eigenvalue weighted by molar-refractivity contribution is 0.0948. The Morgan fingerprint density at radius 2 is 1.76 bits per heavy atom. The zero-order valence-corrected chi connectivity index (χ0v) is 11.8. The Bertz CT molecular complexity index is 597. The lowest BCUT2D eigenvalue weighted by Crippen LogP contribution is -2.28. The monoisotopic (exact) mass is 286 g/mol. The van der Waals surface area contributed by atoms with Crippen molar-refractivity contribution < 1.29 is 14.3 Å². The molecular weight excluding hydrogens is 268 g/mol. The highest BCUT2D eigenvalue weighted by Crippen LogP contribution is 2.16. The Morgan fingerprint density at radius 1 is 1.10 bits per heavy atom. The molecule has 0 aliphatic rings. The van der Waals surface area contributed by atoms with E-state index in [-0.39, 0.29) is 5.91 Å². The van der Waals surface area contributed by atoms with Gasteiger partial charge in [-0.25, -0.2) is 0 Å². The molecular formula is C16H18N2O3. The summed E-state index contributed by atoms with van der Waals surface area (Å²) in [5.74, 6) is 1.30. The maximum atomic E-state index is 11.9. The van der Waals surface area contributed by atoms with Crippen LogP contribution in [0.3, 0.4) is 0 Å². The standard InChI is InChI=1S/C16H18N2O3/c1-20-12-6-8-13(9-7-12)21-11-10-18-16(19)14-4-2-3-5-15(14)17/h2-9H,10-11,17H2,1H3,(H,18,19). The van der Waals surface area contributed by atoms with Crippen molar-refractivity contribution in [1.82, 2.24) is 5.32 Å². The van der Waals surface area contributed by atoms with Crippen molar-refractivity contribution in [2.24, 2.45) is 0 Å². The summed E-state index contributed by atoms with van der Waals surface area (Å²) in [4.78, 5) is 11.9. The number of nitrogens with one attached hydrogen (secondary N) is 1. The van der Waals surface area contributed by atoms with Gasteiger partial charge in [0, 0.05) is 5.69 Å². The summed E-state index contributed by atoms with van der Waals surface area (Å²) in [5, 5.41) is 2.76. The van der Waals surface area contributed by atoms with E-state index in [9.17, 15) is 4.79 Å². The first-order valence-electron chi connectivity index (χ1n) is 6.60. The van der Waals surface area contributed by atoms with E-state index in [1.54, 1.807) is 31.4 Å². The maximum absolute atomic E-state index is 11.9. The first-order valence-corrected chi connectivity index (χ1v) is 6.60. The summed E-state index contributed by atoms with van der Waals surface area (Å²) in [6, 6.07) is 14.2. The summed E-state index contributed by atoms with van der Waals surface area (Å²) in [7, 11) is 1.61. The van der Waals surface area contributed by atoms with Gasteiger partial charge in [0.25, 0.3) is 5.91 Å². The minimum Gasteiger partial charge on any atom is -0.497 e. The molecule has 0 saturated carbocycles. The van der Waals surface area contributed by atoms with Gasteiger partial charge >= 0.3 is 0 Å².